The van der Waals surface area contributed by atoms with Gasteiger partial charge < -0.3 is 4.90 Å². The molecule has 9 heteroatoms. The number of fused-ring (bicyclic) bond motifs is 1. The average Bonchev–Trinajstić information content (AvgIpc) is 3.01. The first-order valence-electron chi connectivity index (χ1n) is 9.38. The molecule has 0 fully saturated rings. The second-order valence-electron chi connectivity index (χ2n) is 7.02. The highest BCUT2D eigenvalue weighted by Gasteiger charge is 2.24. The van der Waals surface area contributed by atoms with Crippen LogP contribution in [0.3, 0.4) is 0 Å². The van der Waals surface area contributed by atoms with Crippen molar-refractivity contribution in [1.82, 2.24) is 14.2 Å². The maximum atomic E-state index is 13.0. The number of thiazole rings is 1. The molecule has 1 heterocycles. The molecule has 2 aromatic rings. The number of anilines is 1. The number of rotatable bonds is 9. The summed E-state index contributed by atoms with van der Waals surface area (Å²) in [6.07, 6.45) is 1.10. The average molecular weight is 427 g/mol. The molecule has 0 aliphatic heterocycles. The Labute approximate surface area is 172 Å². The van der Waals surface area contributed by atoms with Crippen LogP contribution in [0.25, 0.3) is 10.2 Å². The summed E-state index contributed by atoms with van der Waals surface area (Å²) >= 11 is 1.47. The third-order valence-corrected chi connectivity index (χ3v) is 7.10. The molecule has 0 saturated carbocycles. The van der Waals surface area contributed by atoms with Gasteiger partial charge in [-0.3, -0.25) is 9.69 Å². The SMILES string of the molecule is CCN(CC)CCN(C(=O)CN(C)S(C)(=O)=O)c1nc2c(C)cc(C)cc2s1. The molecule has 156 valence electrons. The highest BCUT2D eigenvalue weighted by Crippen LogP contribution is 2.31. The van der Waals surface area contributed by atoms with E-state index in [4.69, 9.17) is 4.98 Å². The molecule has 0 bridgehead atoms. The van der Waals surface area contributed by atoms with Gasteiger partial charge in [-0.25, -0.2) is 13.4 Å². The van der Waals surface area contributed by atoms with Crippen LogP contribution in [0.5, 0.6) is 0 Å². The molecule has 0 N–H and O–H groups in total. The zero-order valence-electron chi connectivity index (χ0n) is 17.5. The molecular weight excluding hydrogens is 396 g/mol. The lowest BCUT2D eigenvalue weighted by molar-refractivity contribution is -0.118. The number of aryl methyl sites for hydroxylation is 2. The van der Waals surface area contributed by atoms with E-state index in [1.54, 1.807) is 4.90 Å². The molecule has 0 saturated heterocycles. The van der Waals surface area contributed by atoms with Crippen LogP contribution in [-0.4, -0.2) is 74.5 Å². The standard InChI is InChI=1S/C19H30N4O3S2/c1-7-22(8-2)9-10-23(17(24)13-21(5)28(6,25)26)19-20-18-15(4)11-14(3)12-16(18)27-19/h11-12H,7-10,13H2,1-6H3. The van der Waals surface area contributed by atoms with E-state index in [9.17, 15) is 13.2 Å². The van der Waals surface area contributed by atoms with E-state index in [1.165, 1.54) is 18.4 Å². The lowest BCUT2D eigenvalue weighted by Crippen LogP contribution is -2.44. The van der Waals surface area contributed by atoms with Crippen molar-refractivity contribution >= 4 is 42.6 Å². The molecule has 0 unspecified atom stereocenters. The van der Waals surface area contributed by atoms with Crippen LogP contribution in [0, 0.1) is 13.8 Å². The van der Waals surface area contributed by atoms with Crippen molar-refractivity contribution in [1.29, 1.82) is 0 Å². The van der Waals surface area contributed by atoms with Crippen LogP contribution < -0.4 is 4.90 Å². The molecule has 1 amide bonds. The summed E-state index contributed by atoms with van der Waals surface area (Å²) in [4.78, 5) is 21.5. The predicted octanol–water partition coefficient (Wildman–Crippen LogP) is 2.48. The van der Waals surface area contributed by atoms with Crippen molar-refractivity contribution in [2.24, 2.45) is 0 Å². The predicted molar refractivity (Wildman–Crippen MR) is 117 cm³/mol. The first-order valence-corrected chi connectivity index (χ1v) is 12.0. The van der Waals surface area contributed by atoms with E-state index < -0.39 is 10.0 Å². The van der Waals surface area contributed by atoms with Gasteiger partial charge in [-0.1, -0.05) is 31.3 Å². The van der Waals surface area contributed by atoms with E-state index in [0.717, 1.165) is 45.0 Å². The van der Waals surface area contributed by atoms with Crippen molar-refractivity contribution in [3.05, 3.63) is 23.3 Å². The molecular formula is C19H30N4O3S2. The van der Waals surface area contributed by atoms with Crippen molar-refractivity contribution in [3.63, 3.8) is 0 Å². The number of aromatic nitrogens is 1. The fourth-order valence-electron chi connectivity index (χ4n) is 2.98. The Kier molecular flexibility index (Phi) is 7.55. The smallest absolute Gasteiger partial charge is 0.244 e. The molecule has 28 heavy (non-hydrogen) atoms. The largest absolute Gasteiger partial charge is 0.302 e. The maximum absolute atomic E-state index is 13.0. The van der Waals surface area contributed by atoms with Crippen LogP contribution in [0.1, 0.15) is 25.0 Å². The second kappa shape index (κ2) is 9.30. The molecule has 0 atom stereocenters. The van der Waals surface area contributed by atoms with E-state index in [2.05, 4.69) is 30.9 Å². The minimum atomic E-state index is -3.43. The van der Waals surface area contributed by atoms with E-state index in [1.807, 2.05) is 13.8 Å². The van der Waals surface area contributed by atoms with Gasteiger partial charge in [-0.15, -0.1) is 0 Å². The number of sulfonamides is 1. The highest BCUT2D eigenvalue weighted by molar-refractivity contribution is 7.88. The van der Waals surface area contributed by atoms with E-state index in [-0.39, 0.29) is 12.5 Å². The zero-order valence-corrected chi connectivity index (χ0v) is 19.2. The fraction of sp³-hybridized carbons (Fsp3) is 0.579. The van der Waals surface area contributed by atoms with Gasteiger partial charge in [-0.2, -0.15) is 4.31 Å². The van der Waals surface area contributed by atoms with Gasteiger partial charge in [0.2, 0.25) is 15.9 Å². The summed E-state index contributed by atoms with van der Waals surface area (Å²) in [5.41, 5.74) is 3.11. The van der Waals surface area contributed by atoms with Gasteiger partial charge in [-0.05, 0) is 44.1 Å². The number of benzene rings is 1. The first kappa shape index (κ1) is 22.7. The maximum Gasteiger partial charge on any atom is 0.244 e. The number of nitrogens with zero attached hydrogens (tertiary/aromatic N) is 4. The quantitative estimate of drug-likeness (QED) is 0.616. The minimum Gasteiger partial charge on any atom is -0.302 e. The monoisotopic (exact) mass is 426 g/mol. The van der Waals surface area contributed by atoms with Crippen LogP contribution in [0.15, 0.2) is 12.1 Å². The lowest BCUT2D eigenvalue weighted by Gasteiger charge is -2.26. The number of carbonyl (C=O) groups excluding carboxylic acids is 1. The lowest BCUT2D eigenvalue weighted by atomic mass is 10.1. The minimum absolute atomic E-state index is 0.203. The highest BCUT2D eigenvalue weighted by atomic mass is 32.2. The van der Waals surface area contributed by atoms with Crippen LogP contribution in [0.2, 0.25) is 0 Å². The van der Waals surface area contributed by atoms with Gasteiger partial charge in [0.15, 0.2) is 5.13 Å². The summed E-state index contributed by atoms with van der Waals surface area (Å²) in [6, 6.07) is 4.14. The van der Waals surface area contributed by atoms with Crippen LogP contribution in [-0.2, 0) is 14.8 Å². The van der Waals surface area contributed by atoms with Gasteiger partial charge in [0.05, 0.1) is 23.0 Å². The summed E-state index contributed by atoms with van der Waals surface area (Å²) < 4.78 is 25.6. The summed E-state index contributed by atoms with van der Waals surface area (Å²) in [7, 11) is -2.01. The molecule has 7 nitrogen and oxygen atoms in total. The molecule has 0 aliphatic carbocycles. The van der Waals surface area contributed by atoms with Gasteiger partial charge >= 0.3 is 0 Å². The Morgan fingerprint density at radius 3 is 2.36 bits per heavy atom. The Balaban J connectivity index is 2.37. The van der Waals surface area contributed by atoms with Crippen molar-refractivity contribution < 1.29 is 13.2 Å². The number of carbonyl (C=O) groups is 1. The second-order valence-corrected chi connectivity index (χ2v) is 10.1. The van der Waals surface area contributed by atoms with Crippen LogP contribution in [0.4, 0.5) is 5.13 Å². The van der Waals surface area contributed by atoms with Crippen molar-refractivity contribution in [2.45, 2.75) is 27.7 Å². The van der Waals surface area contributed by atoms with Crippen molar-refractivity contribution in [2.75, 3.05) is 50.9 Å². The van der Waals surface area contributed by atoms with Crippen molar-refractivity contribution in [3.8, 4) is 0 Å². The number of likely N-dealkylation sites (N-methyl/N-ethyl adjacent to an activating group) is 2. The molecule has 0 aliphatic rings. The molecule has 1 aromatic carbocycles. The number of hydrogen-bond acceptors (Lipinski definition) is 6. The van der Waals surface area contributed by atoms with E-state index >= 15 is 0 Å². The summed E-state index contributed by atoms with van der Waals surface area (Å²) in [5.74, 6) is -0.270. The molecule has 0 spiro atoms. The Morgan fingerprint density at radius 2 is 1.79 bits per heavy atom. The topological polar surface area (TPSA) is 73.8 Å². The summed E-state index contributed by atoms with van der Waals surface area (Å²) in [5, 5.41) is 0.614. The summed E-state index contributed by atoms with van der Waals surface area (Å²) in [6.45, 7) is 11.0. The Hall–Kier alpha value is -1.55. The van der Waals surface area contributed by atoms with Crippen LogP contribution >= 0.6 is 11.3 Å². The fourth-order valence-corrected chi connectivity index (χ4v) is 4.51. The normalized spacial score (nSPS) is 12.3. The third kappa shape index (κ3) is 5.50. The Morgan fingerprint density at radius 1 is 1.14 bits per heavy atom. The van der Waals surface area contributed by atoms with Gasteiger partial charge in [0, 0.05) is 20.1 Å². The van der Waals surface area contributed by atoms with Gasteiger partial charge in [0.25, 0.3) is 0 Å². The molecule has 0 radical (unpaired) electrons. The number of amides is 1. The first-order chi connectivity index (χ1) is 13.1. The van der Waals surface area contributed by atoms with E-state index in [0.29, 0.717) is 18.2 Å². The number of hydrogen-bond donors (Lipinski definition) is 0. The zero-order chi connectivity index (χ0) is 21.1. The third-order valence-electron chi connectivity index (χ3n) is 4.81. The Bertz CT molecular complexity index is 936. The molecule has 1 aromatic heterocycles. The van der Waals surface area contributed by atoms with Gasteiger partial charge in [0.1, 0.15) is 0 Å². The molecule has 2 rings (SSSR count).